The number of tetrazole rings is 1. The van der Waals surface area contributed by atoms with Crippen molar-refractivity contribution in [1.29, 1.82) is 0 Å². The summed E-state index contributed by atoms with van der Waals surface area (Å²) in [5, 5.41) is 30.3. The number of aliphatic hydroxyl groups is 2. The number of hydrogen-bond acceptors (Lipinski definition) is 6. The quantitative estimate of drug-likeness (QED) is 0.741. The molecule has 0 unspecified atom stereocenters. The van der Waals surface area contributed by atoms with Crippen molar-refractivity contribution in [2.24, 2.45) is 11.8 Å². The molecule has 2 aliphatic rings. The number of amides is 1. The van der Waals surface area contributed by atoms with Crippen molar-refractivity contribution in [3.05, 3.63) is 6.33 Å². The predicted molar refractivity (Wildman–Crippen MR) is 71.9 cm³/mol. The summed E-state index contributed by atoms with van der Waals surface area (Å²) in [4.78, 5) is 14.1. The Labute approximate surface area is 122 Å². The topological polar surface area (TPSA) is 104 Å². The van der Waals surface area contributed by atoms with Crippen LogP contribution in [0.4, 0.5) is 0 Å². The van der Waals surface area contributed by atoms with Crippen LogP contribution in [0.2, 0.25) is 0 Å². The van der Waals surface area contributed by atoms with E-state index < -0.39 is 12.2 Å². The molecule has 2 heterocycles. The molecule has 1 aliphatic heterocycles. The minimum atomic E-state index is -0.638. The van der Waals surface area contributed by atoms with Crippen LogP contribution in [-0.4, -0.2) is 66.5 Å². The van der Waals surface area contributed by atoms with Gasteiger partial charge in [-0.05, 0) is 41.5 Å². The zero-order valence-electron chi connectivity index (χ0n) is 11.9. The number of carbonyl (C=O) groups is 1. The highest BCUT2D eigenvalue weighted by molar-refractivity contribution is 5.76. The molecule has 4 atom stereocenters. The first-order chi connectivity index (χ1) is 10.1. The van der Waals surface area contributed by atoms with E-state index in [4.69, 9.17) is 0 Å². The van der Waals surface area contributed by atoms with Gasteiger partial charge in [0, 0.05) is 26.1 Å². The molecule has 3 rings (SSSR count). The lowest BCUT2D eigenvalue weighted by Gasteiger charge is -2.31. The summed E-state index contributed by atoms with van der Waals surface area (Å²) in [7, 11) is 0. The Hall–Kier alpha value is -1.54. The maximum absolute atomic E-state index is 12.2. The molecule has 0 bridgehead atoms. The SMILES string of the molecule is O=C(CCCn1cnnn1)N1C[C@H]2C[C@@H](O)[C@H](O)C[C@H]2C1. The van der Waals surface area contributed by atoms with Gasteiger partial charge in [0.1, 0.15) is 6.33 Å². The highest BCUT2D eigenvalue weighted by atomic mass is 16.3. The van der Waals surface area contributed by atoms with Crippen molar-refractivity contribution < 1.29 is 15.0 Å². The fourth-order valence-corrected chi connectivity index (χ4v) is 3.44. The molecule has 1 aliphatic carbocycles. The van der Waals surface area contributed by atoms with Gasteiger partial charge in [-0.15, -0.1) is 5.10 Å². The number of aromatic nitrogens is 4. The molecule has 116 valence electrons. The average molecular weight is 295 g/mol. The summed E-state index contributed by atoms with van der Waals surface area (Å²) < 4.78 is 1.61. The van der Waals surface area contributed by atoms with Gasteiger partial charge in [0.05, 0.1) is 12.2 Å². The standard InChI is InChI=1S/C13H21N5O3/c19-11-4-9-6-17(7-10(9)5-12(11)20)13(21)2-1-3-18-8-14-15-16-18/h8-12,19-20H,1-7H2/t9-,10+,11-,12-/m1/s1. The van der Waals surface area contributed by atoms with Gasteiger partial charge in [-0.3, -0.25) is 4.79 Å². The summed E-state index contributed by atoms with van der Waals surface area (Å²) in [5.41, 5.74) is 0. The van der Waals surface area contributed by atoms with Crippen LogP contribution in [0.5, 0.6) is 0 Å². The van der Waals surface area contributed by atoms with Crippen molar-refractivity contribution in [1.82, 2.24) is 25.1 Å². The fraction of sp³-hybridized carbons (Fsp3) is 0.846. The van der Waals surface area contributed by atoms with E-state index in [-0.39, 0.29) is 5.91 Å². The minimum absolute atomic E-state index is 0.140. The first-order valence-electron chi connectivity index (χ1n) is 7.48. The van der Waals surface area contributed by atoms with Gasteiger partial charge in [-0.25, -0.2) is 4.68 Å². The molecule has 1 amide bonds. The highest BCUT2D eigenvalue weighted by Crippen LogP contribution is 2.36. The Morgan fingerprint density at radius 1 is 1.19 bits per heavy atom. The summed E-state index contributed by atoms with van der Waals surface area (Å²) in [6.45, 7) is 2.05. The number of carbonyl (C=O) groups excluding carboxylic acids is 1. The summed E-state index contributed by atoms with van der Waals surface area (Å²) in [6.07, 6.45) is 2.64. The first-order valence-corrected chi connectivity index (χ1v) is 7.48. The second-order valence-electron chi connectivity index (χ2n) is 6.10. The van der Waals surface area contributed by atoms with Gasteiger partial charge in [-0.2, -0.15) is 0 Å². The van der Waals surface area contributed by atoms with Crippen LogP contribution in [0.1, 0.15) is 25.7 Å². The lowest BCUT2D eigenvalue weighted by atomic mass is 9.79. The molecular formula is C13H21N5O3. The smallest absolute Gasteiger partial charge is 0.222 e. The molecule has 21 heavy (non-hydrogen) atoms. The van der Waals surface area contributed by atoms with E-state index in [0.29, 0.717) is 57.2 Å². The van der Waals surface area contributed by atoms with Crippen molar-refractivity contribution in [3.63, 3.8) is 0 Å². The van der Waals surface area contributed by atoms with Crippen molar-refractivity contribution in [2.45, 2.75) is 44.4 Å². The van der Waals surface area contributed by atoms with Gasteiger partial charge in [-0.1, -0.05) is 0 Å². The molecule has 0 spiro atoms. The molecule has 1 aromatic heterocycles. The molecule has 8 nitrogen and oxygen atoms in total. The third-order valence-corrected chi connectivity index (χ3v) is 4.63. The fourth-order valence-electron chi connectivity index (χ4n) is 3.44. The molecule has 1 aromatic rings. The van der Waals surface area contributed by atoms with E-state index in [0.717, 1.165) is 0 Å². The number of likely N-dealkylation sites (tertiary alicyclic amines) is 1. The Morgan fingerprint density at radius 3 is 2.43 bits per heavy atom. The van der Waals surface area contributed by atoms with E-state index in [9.17, 15) is 15.0 Å². The Bertz CT molecular complexity index is 462. The average Bonchev–Trinajstić information content (AvgIpc) is 3.08. The van der Waals surface area contributed by atoms with E-state index in [1.54, 1.807) is 4.68 Å². The Morgan fingerprint density at radius 2 is 1.86 bits per heavy atom. The van der Waals surface area contributed by atoms with Crippen LogP contribution in [0.3, 0.4) is 0 Å². The Kier molecular flexibility index (Phi) is 4.16. The van der Waals surface area contributed by atoms with E-state index in [1.807, 2.05) is 4.90 Å². The molecule has 0 aromatic carbocycles. The van der Waals surface area contributed by atoms with Crippen LogP contribution in [0, 0.1) is 11.8 Å². The van der Waals surface area contributed by atoms with Crippen LogP contribution in [0.15, 0.2) is 6.33 Å². The van der Waals surface area contributed by atoms with Gasteiger partial charge < -0.3 is 15.1 Å². The van der Waals surface area contributed by atoms with Crippen LogP contribution in [0.25, 0.3) is 0 Å². The van der Waals surface area contributed by atoms with Gasteiger partial charge in [0.2, 0.25) is 5.91 Å². The molecule has 1 saturated heterocycles. The van der Waals surface area contributed by atoms with E-state index in [2.05, 4.69) is 15.5 Å². The van der Waals surface area contributed by atoms with Gasteiger partial charge in [0.15, 0.2) is 0 Å². The number of fused-ring (bicyclic) bond motifs is 1. The van der Waals surface area contributed by atoms with Crippen LogP contribution in [-0.2, 0) is 11.3 Å². The monoisotopic (exact) mass is 295 g/mol. The largest absolute Gasteiger partial charge is 0.390 e. The van der Waals surface area contributed by atoms with E-state index >= 15 is 0 Å². The Balaban J connectivity index is 1.46. The number of hydrogen-bond donors (Lipinski definition) is 2. The third-order valence-electron chi connectivity index (χ3n) is 4.63. The maximum atomic E-state index is 12.2. The zero-order valence-corrected chi connectivity index (χ0v) is 11.9. The lowest BCUT2D eigenvalue weighted by Crippen LogP contribution is -2.38. The molecule has 2 N–H and O–H groups in total. The van der Waals surface area contributed by atoms with Gasteiger partial charge in [0.25, 0.3) is 0 Å². The van der Waals surface area contributed by atoms with Gasteiger partial charge >= 0.3 is 0 Å². The molecule has 0 radical (unpaired) electrons. The van der Waals surface area contributed by atoms with E-state index in [1.165, 1.54) is 6.33 Å². The molecule has 1 saturated carbocycles. The summed E-state index contributed by atoms with van der Waals surface area (Å²) in [6, 6.07) is 0. The first kappa shape index (κ1) is 14.4. The van der Waals surface area contributed by atoms with Crippen molar-refractivity contribution >= 4 is 5.91 Å². The maximum Gasteiger partial charge on any atom is 0.222 e. The highest BCUT2D eigenvalue weighted by Gasteiger charge is 2.42. The van der Waals surface area contributed by atoms with Crippen molar-refractivity contribution in [3.8, 4) is 0 Å². The summed E-state index contributed by atoms with van der Waals surface area (Å²) in [5.74, 6) is 0.792. The zero-order chi connectivity index (χ0) is 14.8. The third kappa shape index (κ3) is 3.21. The van der Waals surface area contributed by atoms with Crippen LogP contribution >= 0.6 is 0 Å². The number of aliphatic hydroxyl groups excluding tert-OH is 2. The second-order valence-corrected chi connectivity index (χ2v) is 6.10. The van der Waals surface area contributed by atoms with Crippen LogP contribution < -0.4 is 0 Å². The number of aryl methyl sites for hydroxylation is 1. The molecular weight excluding hydrogens is 274 g/mol. The lowest BCUT2D eigenvalue weighted by molar-refractivity contribution is -0.130. The van der Waals surface area contributed by atoms with Crippen molar-refractivity contribution in [2.75, 3.05) is 13.1 Å². The number of nitrogens with zero attached hydrogens (tertiary/aromatic N) is 5. The summed E-state index contributed by atoms with van der Waals surface area (Å²) >= 11 is 0. The predicted octanol–water partition coefficient (Wildman–Crippen LogP) is -0.956. The minimum Gasteiger partial charge on any atom is -0.390 e. The molecule has 8 heteroatoms. The second kappa shape index (κ2) is 6.07. The molecule has 2 fully saturated rings. The number of rotatable bonds is 4. The normalized spacial score (nSPS) is 32.2.